The smallest absolute Gasteiger partial charge is 0.335 e. The number of amides is 1. The van der Waals surface area contributed by atoms with E-state index in [-0.39, 0.29) is 12.1 Å². The molecule has 0 aliphatic heterocycles. The van der Waals surface area contributed by atoms with E-state index in [0.29, 0.717) is 6.54 Å². The third-order valence-electron chi connectivity index (χ3n) is 2.25. The van der Waals surface area contributed by atoms with Gasteiger partial charge in [0.25, 0.3) is 5.91 Å². The predicted octanol–water partition coefficient (Wildman–Crippen LogP) is -0.318. The molecular formula is C12H18N2O4. The summed E-state index contributed by atoms with van der Waals surface area (Å²) in [6.45, 7) is 2.18. The minimum atomic E-state index is -1.02. The Morgan fingerprint density at radius 2 is 2.17 bits per heavy atom. The largest absolute Gasteiger partial charge is 0.430 e. The minimum Gasteiger partial charge on any atom is -0.430 e. The monoisotopic (exact) mass is 254 g/mol. The van der Waals surface area contributed by atoms with Gasteiger partial charge in [-0.25, -0.2) is 4.79 Å². The van der Waals surface area contributed by atoms with Crippen molar-refractivity contribution in [3.8, 4) is 0 Å². The maximum absolute atomic E-state index is 11.7. The molecule has 1 aromatic rings. The Bertz CT molecular complexity index is 445. The predicted molar refractivity (Wildman–Crippen MR) is 66.5 cm³/mol. The van der Waals surface area contributed by atoms with E-state index >= 15 is 0 Å². The van der Waals surface area contributed by atoms with Crippen LogP contribution in [0.3, 0.4) is 0 Å². The average Bonchev–Trinajstić information content (AvgIpc) is 2.25. The van der Waals surface area contributed by atoms with Gasteiger partial charge >= 0.3 is 5.63 Å². The number of hydrogen-bond donors (Lipinski definition) is 2. The van der Waals surface area contributed by atoms with Gasteiger partial charge in [-0.1, -0.05) is 0 Å². The summed E-state index contributed by atoms with van der Waals surface area (Å²) in [5.74, 6) is -0.391. The molecule has 100 valence electrons. The molecule has 1 unspecified atom stereocenters. The summed E-state index contributed by atoms with van der Waals surface area (Å²) >= 11 is 0. The normalized spacial score (nSPS) is 14.3. The zero-order valence-electron chi connectivity index (χ0n) is 10.8. The van der Waals surface area contributed by atoms with Gasteiger partial charge in [0.2, 0.25) is 0 Å². The van der Waals surface area contributed by atoms with Crippen LogP contribution in [0.1, 0.15) is 17.3 Å². The lowest BCUT2D eigenvalue weighted by Gasteiger charge is -2.27. The summed E-state index contributed by atoms with van der Waals surface area (Å²) in [5, 5.41) is 12.6. The SMILES string of the molecule is CN(C)CC(C)(O)CNC(=O)c1ccc(=O)oc1. The van der Waals surface area contributed by atoms with Crippen molar-refractivity contribution >= 4 is 5.91 Å². The van der Waals surface area contributed by atoms with Gasteiger partial charge in [-0.05, 0) is 27.1 Å². The number of hydrogen-bond acceptors (Lipinski definition) is 5. The van der Waals surface area contributed by atoms with E-state index in [2.05, 4.69) is 9.73 Å². The standard InChI is InChI=1S/C12H18N2O4/c1-12(17,8-14(2)3)7-13-11(16)9-4-5-10(15)18-6-9/h4-6,17H,7-8H2,1-3H3,(H,13,16). The van der Waals surface area contributed by atoms with Crippen LogP contribution in [-0.4, -0.2) is 48.7 Å². The van der Waals surface area contributed by atoms with Gasteiger partial charge in [0, 0.05) is 19.2 Å². The fourth-order valence-corrected chi connectivity index (χ4v) is 1.60. The first-order valence-corrected chi connectivity index (χ1v) is 5.54. The number of aliphatic hydroxyl groups is 1. The lowest BCUT2D eigenvalue weighted by atomic mass is 10.1. The fourth-order valence-electron chi connectivity index (χ4n) is 1.60. The molecule has 0 aliphatic rings. The fraction of sp³-hybridized carbons (Fsp3) is 0.500. The van der Waals surface area contributed by atoms with Crippen LogP contribution in [0, 0.1) is 0 Å². The average molecular weight is 254 g/mol. The molecule has 1 heterocycles. The Morgan fingerprint density at radius 3 is 2.67 bits per heavy atom. The summed E-state index contributed by atoms with van der Waals surface area (Å²) in [4.78, 5) is 24.3. The Morgan fingerprint density at radius 1 is 1.50 bits per heavy atom. The van der Waals surface area contributed by atoms with Crippen LogP contribution in [0.2, 0.25) is 0 Å². The zero-order chi connectivity index (χ0) is 13.8. The van der Waals surface area contributed by atoms with Crippen LogP contribution in [-0.2, 0) is 0 Å². The molecule has 0 bridgehead atoms. The maximum atomic E-state index is 11.7. The molecule has 0 fully saturated rings. The number of nitrogens with one attached hydrogen (secondary N) is 1. The molecule has 2 N–H and O–H groups in total. The second kappa shape index (κ2) is 5.79. The van der Waals surface area contributed by atoms with Crippen LogP contribution in [0.15, 0.2) is 27.6 Å². The van der Waals surface area contributed by atoms with Crippen molar-refractivity contribution < 1.29 is 14.3 Å². The molecule has 1 rings (SSSR count). The maximum Gasteiger partial charge on any atom is 0.335 e. The highest BCUT2D eigenvalue weighted by atomic mass is 16.4. The van der Waals surface area contributed by atoms with E-state index in [1.807, 2.05) is 19.0 Å². The van der Waals surface area contributed by atoms with E-state index in [9.17, 15) is 14.7 Å². The van der Waals surface area contributed by atoms with Crippen molar-refractivity contribution in [2.24, 2.45) is 0 Å². The highest BCUT2D eigenvalue weighted by Crippen LogP contribution is 2.03. The summed E-state index contributed by atoms with van der Waals surface area (Å²) in [6.07, 6.45) is 1.10. The minimum absolute atomic E-state index is 0.114. The van der Waals surface area contributed by atoms with Gasteiger partial charge in [0.1, 0.15) is 6.26 Å². The van der Waals surface area contributed by atoms with Gasteiger partial charge in [0.15, 0.2) is 0 Å². The van der Waals surface area contributed by atoms with E-state index in [0.717, 1.165) is 6.26 Å². The second-order valence-corrected chi connectivity index (χ2v) is 4.76. The molecular weight excluding hydrogens is 236 g/mol. The number of carbonyl (C=O) groups is 1. The molecule has 0 radical (unpaired) electrons. The Kier molecular flexibility index (Phi) is 4.63. The van der Waals surface area contributed by atoms with Crippen LogP contribution in [0.5, 0.6) is 0 Å². The van der Waals surface area contributed by atoms with Crippen LogP contribution in [0.25, 0.3) is 0 Å². The first-order chi connectivity index (χ1) is 8.30. The lowest BCUT2D eigenvalue weighted by molar-refractivity contribution is 0.0325. The van der Waals surface area contributed by atoms with Gasteiger partial charge < -0.3 is 19.7 Å². The quantitative estimate of drug-likeness (QED) is 0.752. The van der Waals surface area contributed by atoms with E-state index in [4.69, 9.17) is 0 Å². The van der Waals surface area contributed by atoms with Crippen molar-refractivity contribution in [2.45, 2.75) is 12.5 Å². The van der Waals surface area contributed by atoms with Crippen molar-refractivity contribution in [2.75, 3.05) is 27.2 Å². The third-order valence-corrected chi connectivity index (χ3v) is 2.25. The van der Waals surface area contributed by atoms with Gasteiger partial charge in [-0.2, -0.15) is 0 Å². The summed E-state index contributed by atoms with van der Waals surface area (Å²) in [7, 11) is 3.67. The second-order valence-electron chi connectivity index (χ2n) is 4.76. The summed E-state index contributed by atoms with van der Waals surface area (Å²) < 4.78 is 4.59. The van der Waals surface area contributed by atoms with E-state index in [1.54, 1.807) is 6.92 Å². The molecule has 0 spiro atoms. The van der Waals surface area contributed by atoms with Gasteiger partial charge in [-0.15, -0.1) is 0 Å². The molecule has 0 saturated heterocycles. The van der Waals surface area contributed by atoms with Gasteiger partial charge in [0.05, 0.1) is 11.2 Å². The zero-order valence-corrected chi connectivity index (χ0v) is 10.8. The number of likely N-dealkylation sites (N-methyl/N-ethyl adjacent to an activating group) is 1. The highest BCUT2D eigenvalue weighted by molar-refractivity contribution is 5.93. The molecule has 1 atom stereocenters. The summed E-state index contributed by atoms with van der Waals surface area (Å²) in [5.41, 5.74) is -1.28. The third kappa shape index (κ3) is 4.68. The summed E-state index contributed by atoms with van der Waals surface area (Å²) in [6, 6.07) is 2.55. The molecule has 1 aromatic heterocycles. The first-order valence-electron chi connectivity index (χ1n) is 5.54. The molecule has 18 heavy (non-hydrogen) atoms. The van der Waals surface area contributed by atoms with Crippen LogP contribution >= 0.6 is 0 Å². The topological polar surface area (TPSA) is 82.8 Å². The van der Waals surface area contributed by atoms with Crippen molar-refractivity contribution in [3.05, 3.63) is 34.4 Å². The molecule has 0 aromatic carbocycles. The molecule has 6 heteroatoms. The van der Waals surface area contributed by atoms with Crippen molar-refractivity contribution in [3.63, 3.8) is 0 Å². The molecule has 0 saturated carbocycles. The Labute approximate surface area is 105 Å². The number of nitrogens with zero attached hydrogens (tertiary/aromatic N) is 1. The van der Waals surface area contributed by atoms with Gasteiger partial charge in [-0.3, -0.25) is 4.79 Å². The first kappa shape index (κ1) is 14.4. The molecule has 0 aliphatic carbocycles. The molecule has 6 nitrogen and oxygen atoms in total. The number of carbonyl (C=O) groups excluding carboxylic acids is 1. The van der Waals surface area contributed by atoms with Crippen LogP contribution in [0.4, 0.5) is 0 Å². The Balaban J connectivity index is 2.56. The van der Waals surface area contributed by atoms with Crippen molar-refractivity contribution in [1.29, 1.82) is 0 Å². The van der Waals surface area contributed by atoms with Crippen LogP contribution < -0.4 is 10.9 Å². The highest BCUT2D eigenvalue weighted by Gasteiger charge is 2.22. The van der Waals surface area contributed by atoms with E-state index < -0.39 is 17.1 Å². The Hall–Kier alpha value is -1.66. The number of rotatable bonds is 5. The lowest BCUT2D eigenvalue weighted by Crippen LogP contribution is -2.47. The molecule has 1 amide bonds. The van der Waals surface area contributed by atoms with Crippen molar-refractivity contribution in [1.82, 2.24) is 10.2 Å². The van der Waals surface area contributed by atoms with E-state index in [1.165, 1.54) is 12.1 Å².